The van der Waals surface area contributed by atoms with Gasteiger partial charge in [-0.15, -0.1) is 0 Å². The molecule has 6 aromatic rings. The van der Waals surface area contributed by atoms with Crippen molar-refractivity contribution in [2.45, 2.75) is 77.8 Å². The summed E-state index contributed by atoms with van der Waals surface area (Å²) in [5.41, 5.74) is 4.06. The molecule has 0 fully saturated rings. The third-order valence-corrected chi connectivity index (χ3v) is 11.7. The fraction of sp³-hybridized carbons (Fsp3) is 0.286. The first-order chi connectivity index (χ1) is 29.9. The second kappa shape index (κ2) is 17.3. The average molecular weight is 821 g/mol. The van der Waals surface area contributed by atoms with Gasteiger partial charge in [-0.1, -0.05) is 93.1 Å². The van der Waals surface area contributed by atoms with E-state index in [1.807, 2.05) is 24.3 Å². The molecule has 3 heterocycles. The normalized spacial score (nSPS) is 14.1. The largest absolute Gasteiger partial charge is 0.485 e. The number of amides is 2. The number of esters is 1. The topological polar surface area (TPSA) is 144 Å². The maximum absolute atomic E-state index is 13.0. The van der Waals surface area contributed by atoms with E-state index in [1.54, 1.807) is 18.2 Å². The summed E-state index contributed by atoms with van der Waals surface area (Å²) in [4.78, 5) is 50.2. The molecule has 0 saturated heterocycles. The van der Waals surface area contributed by atoms with E-state index in [0.29, 0.717) is 56.5 Å². The molecule has 6 aromatic carbocycles. The maximum atomic E-state index is 13.0. The van der Waals surface area contributed by atoms with Crippen molar-refractivity contribution < 1.29 is 43.0 Å². The molecular formula is C49H44N2O10. The summed E-state index contributed by atoms with van der Waals surface area (Å²) in [6.07, 6.45) is 7.11. The van der Waals surface area contributed by atoms with E-state index in [-0.39, 0.29) is 23.4 Å². The fourth-order valence-corrected chi connectivity index (χ4v) is 8.52. The number of unbranched alkanes of at least 4 members (excludes halogenated alkanes) is 7. The Hall–Kier alpha value is -6.95. The van der Waals surface area contributed by atoms with Gasteiger partial charge in [0, 0.05) is 23.4 Å². The van der Waals surface area contributed by atoms with Gasteiger partial charge < -0.3 is 23.7 Å². The van der Waals surface area contributed by atoms with Crippen molar-refractivity contribution in [3.63, 3.8) is 0 Å². The molecule has 0 spiro atoms. The molecule has 0 N–H and O–H groups in total. The second-order valence-electron chi connectivity index (χ2n) is 15.6. The van der Waals surface area contributed by atoms with Crippen LogP contribution in [0.5, 0.6) is 23.0 Å². The number of carbonyl (C=O) groups is 3. The van der Waals surface area contributed by atoms with Crippen LogP contribution in [0, 0.1) is 10.1 Å². The van der Waals surface area contributed by atoms with E-state index in [9.17, 15) is 24.5 Å². The van der Waals surface area contributed by atoms with Crippen LogP contribution in [0.3, 0.4) is 0 Å². The molecule has 0 aliphatic carbocycles. The van der Waals surface area contributed by atoms with Crippen molar-refractivity contribution in [2.75, 3.05) is 13.2 Å². The first-order valence-corrected chi connectivity index (χ1v) is 20.9. The first kappa shape index (κ1) is 39.5. The van der Waals surface area contributed by atoms with Gasteiger partial charge in [0.2, 0.25) is 0 Å². The summed E-state index contributed by atoms with van der Waals surface area (Å²) in [5.74, 6) is 1.04. The quantitative estimate of drug-likeness (QED) is 0.0276. The fourth-order valence-electron chi connectivity index (χ4n) is 8.52. The van der Waals surface area contributed by atoms with Gasteiger partial charge in [-0.3, -0.25) is 24.6 Å². The van der Waals surface area contributed by atoms with Crippen LogP contribution >= 0.6 is 0 Å². The number of ether oxygens (including phenoxy) is 5. The van der Waals surface area contributed by atoms with Crippen molar-refractivity contribution in [3.05, 3.63) is 146 Å². The molecule has 310 valence electrons. The predicted molar refractivity (Wildman–Crippen MR) is 227 cm³/mol. The summed E-state index contributed by atoms with van der Waals surface area (Å²) in [5, 5.41) is 15.6. The van der Waals surface area contributed by atoms with Gasteiger partial charge in [0.25, 0.3) is 17.5 Å². The number of benzene rings is 6. The number of nitrogens with zero attached hydrogens (tertiary/aromatic N) is 2. The number of imide groups is 1. The predicted octanol–water partition coefficient (Wildman–Crippen LogP) is 10.4. The summed E-state index contributed by atoms with van der Waals surface area (Å²) in [6, 6.07) is 30.0. The van der Waals surface area contributed by atoms with E-state index < -0.39 is 22.7 Å². The maximum Gasteiger partial charge on any atom is 0.338 e. The highest BCUT2D eigenvalue weighted by atomic mass is 16.6. The van der Waals surface area contributed by atoms with Crippen molar-refractivity contribution in [1.82, 2.24) is 4.90 Å². The highest BCUT2D eigenvalue weighted by Gasteiger charge is 2.40. The summed E-state index contributed by atoms with van der Waals surface area (Å²) < 4.78 is 31.2. The van der Waals surface area contributed by atoms with Crippen molar-refractivity contribution >= 4 is 45.0 Å². The molecular weight excluding hydrogens is 777 g/mol. The van der Waals surface area contributed by atoms with Gasteiger partial charge in [-0.25, -0.2) is 4.79 Å². The lowest BCUT2D eigenvalue weighted by atomic mass is 9.97. The van der Waals surface area contributed by atoms with Crippen LogP contribution in [0.25, 0.3) is 21.5 Å². The lowest BCUT2D eigenvalue weighted by Crippen LogP contribution is -2.30. The number of fused-ring (bicyclic) bond motifs is 10. The molecule has 61 heavy (non-hydrogen) atoms. The van der Waals surface area contributed by atoms with Gasteiger partial charge >= 0.3 is 5.97 Å². The van der Waals surface area contributed by atoms with Gasteiger partial charge in [-0.05, 0) is 82.3 Å². The summed E-state index contributed by atoms with van der Waals surface area (Å²) in [6.45, 7) is 1.94. The molecule has 0 aromatic heterocycles. The average Bonchev–Trinajstić information content (AvgIpc) is 3.51. The van der Waals surface area contributed by atoms with Gasteiger partial charge in [-0.2, -0.15) is 0 Å². The Balaban J connectivity index is 0.719. The van der Waals surface area contributed by atoms with Gasteiger partial charge in [0.15, 0.2) is 23.0 Å². The molecule has 12 heteroatoms. The molecule has 0 atom stereocenters. The summed E-state index contributed by atoms with van der Waals surface area (Å²) in [7, 11) is 0. The zero-order valence-corrected chi connectivity index (χ0v) is 33.6. The Labute approximate surface area is 352 Å². The van der Waals surface area contributed by atoms with Crippen LogP contribution in [0.15, 0.2) is 97.1 Å². The minimum atomic E-state index is -0.625. The Morgan fingerprint density at radius 2 is 1.13 bits per heavy atom. The minimum absolute atomic E-state index is 0.0981. The molecule has 0 bridgehead atoms. The van der Waals surface area contributed by atoms with Crippen LogP contribution in [0.2, 0.25) is 0 Å². The Kier molecular flexibility index (Phi) is 11.2. The third kappa shape index (κ3) is 7.93. The van der Waals surface area contributed by atoms with Crippen molar-refractivity contribution in [2.24, 2.45) is 0 Å². The van der Waals surface area contributed by atoms with Crippen molar-refractivity contribution in [3.8, 4) is 23.0 Å². The van der Waals surface area contributed by atoms with Crippen LogP contribution in [-0.2, 0) is 31.2 Å². The third-order valence-electron chi connectivity index (χ3n) is 11.7. The number of nitro benzene ring substituents is 1. The van der Waals surface area contributed by atoms with E-state index in [4.69, 9.17) is 23.7 Å². The monoisotopic (exact) mass is 820 g/mol. The Morgan fingerprint density at radius 1 is 0.590 bits per heavy atom. The molecule has 0 radical (unpaired) electrons. The molecule has 0 saturated carbocycles. The molecule has 9 rings (SSSR count). The van der Waals surface area contributed by atoms with Crippen LogP contribution < -0.4 is 18.9 Å². The minimum Gasteiger partial charge on any atom is -0.485 e. The smallest absolute Gasteiger partial charge is 0.338 e. The number of hydrogen-bond acceptors (Lipinski definition) is 10. The van der Waals surface area contributed by atoms with Crippen LogP contribution in [0.4, 0.5) is 5.69 Å². The van der Waals surface area contributed by atoms with E-state index >= 15 is 0 Å². The number of nitro groups is 1. The molecule has 2 amide bonds. The lowest BCUT2D eigenvalue weighted by molar-refractivity contribution is -0.385. The van der Waals surface area contributed by atoms with Crippen molar-refractivity contribution in [1.29, 1.82) is 0 Å². The molecule has 3 aliphatic rings. The van der Waals surface area contributed by atoms with Gasteiger partial charge in [0.1, 0.15) is 32.0 Å². The van der Waals surface area contributed by atoms with E-state index in [1.165, 1.54) is 18.2 Å². The van der Waals surface area contributed by atoms with Crippen LogP contribution in [-0.4, -0.2) is 40.8 Å². The first-order valence-electron chi connectivity index (χ1n) is 20.9. The zero-order valence-electron chi connectivity index (χ0n) is 33.6. The lowest BCUT2D eigenvalue weighted by Gasteiger charge is -2.25. The molecule has 3 aliphatic heterocycles. The standard InChI is InChI=1S/C49H44N2O10/c52-47-40-18-13-19-41(51(55)56)44(40)48(53)50(47)22-11-5-3-1-2-4-6-12-23-57-49(54)31-20-21-42-43(26-31)59-28-33-25-35-30-61-46-39-17-10-8-15-37(39)36-14-7-9-16-38(36)45(46)60-29-34(35)24-32(33)27-58-42/h7-10,13-21,24-26H,1-6,11-12,22-23,27-30H2. The van der Waals surface area contributed by atoms with E-state index in [2.05, 4.69) is 36.4 Å². The van der Waals surface area contributed by atoms with Crippen LogP contribution in [0.1, 0.15) is 105 Å². The highest BCUT2D eigenvalue weighted by molar-refractivity contribution is 6.23. The zero-order chi connectivity index (χ0) is 41.9. The highest BCUT2D eigenvalue weighted by Crippen LogP contribution is 2.45. The number of carbonyl (C=O) groups excluding carboxylic acids is 3. The molecule has 12 nitrogen and oxygen atoms in total. The SMILES string of the molecule is O=C(OCCCCCCCCCCN1C(=O)c2cccc([N+](=O)[O-])c2C1=O)c1ccc2c(c1)OCc1cc3c(cc1CO2)COc1c(c2ccccc2c2ccccc12)OC3. The second-order valence-corrected chi connectivity index (χ2v) is 15.6. The Bertz CT molecular complexity index is 2710. The van der Waals surface area contributed by atoms with Gasteiger partial charge in [0.05, 0.1) is 22.7 Å². The van der Waals surface area contributed by atoms with E-state index in [0.717, 1.165) is 105 Å². The number of hydrogen-bond donors (Lipinski definition) is 0. The number of rotatable bonds is 13. The Morgan fingerprint density at radius 3 is 1.74 bits per heavy atom. The molecule has 0 unspecified atom stereocenters. The summed E-state index contributed by atoms with van der Waals surface area (Å²) >= 11 is 0.